The summed E-state index contributed by atoms with van der Waals surface area (Å²) in [6.07, 6.45) is 0. The predicted molar refractivity (Wildman–Crippen MR) is 80.0 cm³/mol. The molecule has 3 N–H and O–H groups in total. The maximum atomic E-state index is 11.9. The molecule has 3 rings (SSSR count). The highest BCUT2D eigenvalue weighted by atomic mass is 16.7. The van der Waals surface area contributed by atoms with Crippen LogP contribution in [0.3, 0.4) is 0 Å². The molecule has 9 nitrogen and oxygen atoms in total. The van der Waals surface area contributed by atoms with Crippen LogP contribution in [0.5, 0.6) is 17.2 Å². The van der Waals surface area contributed by atoms with Crippen molar-refractivity contribution in [1.29, 1.82) is 0 Å². The molecule has 0 radical (unpaired) electrons. The first kappa shape index (κ1) is 14.4. The molecule has 0 fully saturated rings. The zero-order chi connectivity index (χ0) is 16.4. The van der Waals surface area contributed by atoms with Gasteiger partial charge in [-0.05, 0) is 24.3 Å². The number of aromatic hydroxyl groups is 1. The second-order valence-corrected chi connectivity index (χ2v) is 4.61. The SMILES string of the molecule is O=C(Nc1ccc2c(c1)OCO2)Nc1ccc(O)c([N+](=O)[O-])c1. The van der Waals surface area contributed by atoms with Crippen LogP contribution in [0.25, 0.3) is 0 Å². The van der Waals surface area contributed by atoms with E-state index in [2.05, 4.69) is 10.6 Å². The van der Waals surface area contributed by atoms with Crippen LogP contribution >= 0.6 is 0 Å². The minimum Gasteiger partial charge on any atom is -0.502 e. The van der Waals surface area contributed by atoms with E-state index < -0.39 is 22.4 Å². The van der Waals surface area contributed by atoms with E-state index >= 15 is 0 Å². The van der Waals surface area contributed by atoms with E-state index in [1.165, 1.54) is 6.07 Å². The molecular formula is C14H11N3O6. The summed E-state index contributed by atoms with van der Waals surface area (Å²) in [5.41, 5.74) is 0.152. The number of carbonyl (C=O) groups excluding carboxylic acids is 1. The van der Waals surface area contributed by atoms with Crippen LogP contribution < -0.4 is 20.1 Å². The standard InChI is InChI=1S/C14H11N3O6/c18-11-3-1-8(5-10(11)17(20)21)15-14(19)16-9-2-4-12-13(6-9)23-7-22-12/h1-6,18H,7H2,(H2,15,16,19). The molecule has 0 spiro atoms. The molecule has 0 aliphatic carbocycles. The Labute approximate surface area is 129 Å². The zero-order valence-corrected chi connectivity index (χ0v) is 11.6. The Kier molecular flexibility index (Phi) is 3.59. The van der Waals surface area contributed by atoms with Crippen LogP contribution in [0.15, 0.2) is 36.4 Å². The molecule has 0 saturated heterocycles. The number of fused-ring (bicyclic) bond motifs is 1. The highest BCUT2D eigenvalue weighted by Crippen LogP contribution is 2.34. The van der Waals surface area contributed by atoms with Crippen LogP contribution in [-0.4, -0.2) is 22.9 Å². The van der Waals surface area contributed by atoms with Crippen LogP contribution in [-0.2, 0) is 0 Å². The minimum absolute atomic E-state index is 0.127. The zero-order valence-electron chi connectivity index (χ0n) is 11.6. The van der Waals surface area contributed by atoms with E-state index in [1.807, 2.05) is 0 Å². The molecule has 1 aliphatic rings. The molecule has 0 atom stereocenters. The van der Waals surface area contributed by atoms with Gasteiger partial charge in [0.1, 0.15) is 0 Å². The minimum atomic E-state index is -0.740. The molecule has 23 heavy (non-hydrogen) atoms. The summed E-state index contributed by atoms with van der Waals surface area (Å²) in [4.78, 5) is 21.9. The van der Waals surface area contributed by atoms with E-state index in [0.717, 1.165) is 12.1 Å². The second-order valence-electron chi connectivity index (χ2n) is 4.61. The number of nitrogens with one attached hydrogen (secondary N) is 2. The number of hydrogen-bond acceptors (Lipinski definition) is 6. The molecule has 118 valence electrons. The summed E-state index contributed by atoms with van der Waals surface area (Å²) < 4.78 is 10.4. The van der Waals surface area contributed by atoms with Gasteiger partial charge in [-0.15, -0.1) is 0 Å². The number of anilines is 2. The van der Waals surface area contributed by atoms with Gasteiger partial charge in [0.2, 0.25) is 6.79 Å². The number of urea groups is 1. The summed E-state index contributed by atoms with van der Waals surface area (Å²) in [6.45, 7) is 0.127. The molecule has 2 amide bonds. The van der Waals surface area contributed by atoms with Crippen LogP contribution in [0.4, 0.5) is 21.9 Å². The van der Waals surface area contributed by atoms with E-state index in [-0.39, 0.29) is 12.5 Å². The van der Waals surface area contributed by atoms with Gasteiger partial charge in [-0.25, -0.2) is 4.79 Å². The first-order chi connectivity index (χ1) is 11.0. The Balaban J connectivity index is 1.70. The van der Waals surface area contributed by atoms with Gasteiger partial charge in [0.15, 0.2) is 17.2 Å². The summed E-state index contributed by atoms with van der Waals surface area (Å²) in [6, 6.07) is 7.84. The van der Waals surface area contributed by atoms with Crippen molar-refractivity contribution in [2.75, 3.05) is 17.4 Å². The summed E-state index contributed by atoms with van der Waals surface area (Å²) in [7, 11) is 0. The lowest BCUT2D eigenvalue weighted by Gasteiger charge is -2.08. The fourth-order valence-electron chi connectivity index (χ4n) is 2.02. The van der Waals surface area contributed by atoms with Gasteiger partial charge in [0.25, 0.3) is 0 Å². The number of benzene rings is 2. The Hall–Kier alpha value is -3.49. The maximum Gasteiger partial charge on any atom is 0.323 e. The lowest BCUT2D eigenvalue weighted by molar-refractivity contribution is -0.385. The molecular weight excluding hydrogens is 306 g/mol. The molecule has 1 heterocycles. The van der Waals surface area contributed by atoms with E-state index in [4.69, 9.17) is 9.47 Å². The Morgan fingerprint density at radius 2 is 1.74 bits per heavy atom. The van der Waals surface area contributed by atoms with Gasteiger partial charge in [0, 0.05) is 23.5 Å². The smallest absolute Gasteiger partial charge is 0.323 e. The van der Waals surface area contributed by atoms with Crippen LogP contribution in [0.1, 0.15) is 0 Å². The van der Waals surface area contributed by atoms with E-state index in [0.29, 0.717) is 17.2 Å². The lowest BCUT2D eigenvalue weighted by Crippen LogP contribution is -2.19. The van der Waals surface area contributed by atoms with Crippen molar-refractivity contribution in [3.63, 3.8) is 0 Å². The van der Waals surface area contributed by atoms with Gasteiger partial charge in [-0.3, -0.25) is 10.1 Å². The van der Waals surface area contributed by atoms with Gasteiger partial charge in [-0.1, -0.05) is 0 Å². The number of ether oxygens (including phenoxy) is 2. The van der Waals surface area contributed by atoms with Crippen molar-refractivity contribution in [3.05, 3.63) is 46.5 Å². The van der Waals surface area contributed by atoms with Crippen molar-refractivity contribution >= 4 is 23.1 Å². The van der Waals surface area contributed by atoms with Crippen molar-refractivity contribution in [2.45, 2.75) is 0 Å². The van der Waals surface area contributed by atoms with Crippen molar-refractivity contribution in [3.8, 4) is 17.2 Å². The molecule has 0 saturated carbocycles. The molecule has 0 bridgehead atoms. The Bertz CT molecular complexity index is 792. The van der Waals surface area contributed by atoms with Gasteiger partial charge < -0.3 is 25.2 Å². The Morgan fingerprint density at radius 3 is 2.48 bits per heavy atom. The van der Waals surface area contributed by atoms with Gasteiger partial charge in [0.05, 0.1) is 4.92 Å². The molecule has 2 aromatic carbocycles. The molecule has 2 aromatic rings. The first-order valence-electron chi connectivity index (χ1n) is 6.48. The first-order valence-corrected chi connectivity index (χ1v) is 6.48. The van der Waals surface area contributed by atoms with Crippen molar-refractivity contribution in [1.82, 2.24) is 0 Å². The number of hydrogen-bond donors (Lipinski definition) is 3. The number of carbonyl (C=O) groups is 1. The number of nitro benzene ring substituents is 1. The third kappa shape index (κ3) is 3.07. The maximum absolute atomic E-state index is 11.9. The monoisotopic (exact) mass is 317 g/mol. The second kappa shape index (κ2) is 5.72. The topological polar surface area (TPSA) is 123 Å². The van der Waals surface area contributed by atoms with E-state index in [1.54, 1.807) is 18.2 Å². The van der Waals surface area contributed by atoms with Gasteiger partial charge in [-0.2, -0.15) is 0 Å². The molecule has 0 unspecified atom stereocenters. The largest absolute Gasteiger partial charge is 0.502 e. The quantitative estimate of drug-likeness (QED) is 0.454. The number of amides is 2. The van der Waals surface area contributed by atoms with Crippen LogP contribution in [0.2, 0.25) is 0 Å². The fraction of sp³-hybridized carbons (Fsp3) is 0.0714. The molecule has 0 aromatic heterocycles. The highest BCUT2D eigenvalue weighted by molar-refractivity contribution is 6.00. The number of phenols is 1. The average Bonchev–Trinajstić information content (AvgIpc) is 2.96. The normalized spacial score (nSPS) is 11.8. The van der Waals surface area contributed by atoms with Crippen LogP contribution in [0, 0.1) is 10.1 Å². The summed E-state index contributed by atoms with van der Waals surface area (Å²) >= 11 is 0. The Morgan fingerprint density at radius 1 is 1.09 bits per heavy atom. The lowest BCUT2D eigenvalue weighted by atomic mass is 10.2. The highest BCUT2D eigenvalue weighted by Gasteiger charge is 2.16. The van der Waals surface area contributed by atoms with E-state index in [9.17, 15) is 20.0 Å². The molecule has 1 aliphatic heterocycles. The number of nitro groups is 1. The van der Waals surface area contributed by atoms with Crippen molar-refractivity contribution in [2.24, 2.45) is 0 Å². The predicted octanol–water partition coefficient (Wildman–Crippen LogP) is 2.67. The summed E-state index contributed by atoms with van der Waals surface area (Å²) in [5.74, 6) is 0.630. The summed E-state index contributed by atoms with van der Waals surface area (Å²) in [5, 5.41) is 25.1. The van der Waals surface area contributed by atoms with Crippen molar-refractivity contribution < 1.29 is 24.3 Å². The van der Waals surface area contributed by atoms with Gasteiger partial charge >= 0.3 is 11.7 Å². The average molecular weight is 317 g/mol. The number of rotatable bonds is 3. The molecule has 9 heteroatoms. The number of phenolic OH excluding ortho intramolecular Hbond substituents is 1. The number of nitrogens with zero attached hydrogens (tertiary/aromatic N) is 1. The third-order valence-corrected chi connectivity index (χ3v) is 3.06. The fourth-order valence-corrected chi connectivity index (χ4v) is 2.02. The third-order valence-electron chi connectivity index (χ3n) is 3.06.